The molecule has 1 fully saturated rings. The molecule has 2 aromatic rings. The summed E-state index contributed by atoms with van der Waals surface area (Å²) in [6.07, 6.45) is 0. The Morgan fingerprint density at radius 1 is 0.952 bits per heavy atom. The molecular weight excluding hydrogens is 306 g/mol. The third-order valence-electron chi connectivity index (χ3n) is 3.09. The Hall–Kier alpha value is -2.24. The minimum Gasteiger partial charge on any atom is -0.281 e. The molecule has 2 amide bonds. The van der Waals surface area contributed by atoms with Gasteiger partial charge in [-0.05, 0) is 30.3 Å². The van der Waals surface area contributed by atoms with Gasteiger partial charge in [0.2, 0.25) is 0 Å². The molecule has 1 aliphatic rings. The number of rotatable bonds is 2. The molecule has 0 aromatic heterocycles. The number of halogens is 1. The average Bonchev–Trinajstić information content (AvgIpc) is 2.70. The zero-order chi connectivity index (χ0) is 15.0. The smallest absolute Gasteiger partial charge is 0.281 e. The Morgan fingerprint density at radius 3 is 2.29 bits per heavy atom. The summed E-state index contributed by atoms with van der Waals surface area (Å²) < 4.78 is 0. The van der Waals surface area contributed by atoms with Crippen molar-refractivity contribution in [2.45, 2.75) is 0 Å². The zero-order valence-corrected chi connectivity index (χ0v) is 12.4. The summed E-state index contributed by atoms with van der Waals surface area (Å²) in [4.78, 5) is 15.4. The van der Waals surface area contributed by atoms with Crippen molar-refractivity contribution in [3.05, 3.63) is 59.6 Å². The lowest BCUT2D eigenvalue weighted by molar-refractivity contribution is 0.257. The van der Waals surface area contributed by atoms with Crippen LogP contribution in [-0.2, 0) is 0 Å². The number of urea groups is 1. The summed E-state index contributed by atoms with van der Waals surface area (Å²) in [5.41, 5.74) is 1.17. The lowest BCUT2D eigenvalue weighted by atomic mass is 10.3. The van der Waals surface area contributed by atoms with E-state index in [4.69, 9.17) is 29.2 Å². The highest BCUT2D eigenvalue weighted by Gasteiger charge is 2.40. The molecular formula is C15H10ClN3OS. The van der Waals surface area contributed by atoms with E-state index in [1.807, 2.05) is 18.2 Å². The quantitative estimate of drug-likeness (QED) is 0.848. The molecule has 0 aliphatic carbocycles. The number of thiocarbonyl (C=S) groups is 1. The van der Waals surface area contributed by atoms with Crippen molar-refractivity contribution in [1.82, 2.24) is 0 Å². The van der Waals surface area contributed by atoms with Gasteiger partial charge >= 0.3 is 6.03 Å². The maximum atomic E-state index is 12.6. The van der Waals surface area contributed by atoms with Crippen molar-refractivity contribution in [2.75, 3.05) is 9.80 Å². The number of nitrogens with one attached hydrogen (secondary N) is 1. The van der Waals surface area contributed by atoms with E-state index >= 15 is 0 Å². The fourth-order valence-electron chi connectivity index (χ4n) is 2.14. The summed E-state index contributed by atoms with van der Waals surface area (Å²) in [5.74, 6) is -0.0267. The van der Waals surface area contributed by atoms with E-state index < -0.39 is 0 Å². The van der Waals surface area contributed by atoms with E-state index in [-0.39, 0.29) is 16.9 Å². The molecule has 0 spiro atoms. The van der Waals surface area contributed by atoms with Crippen LogP contribution in [-0.4, -0.2) is 16.9 Å². The Morgan fingerprint density at radius 2 is 1.62 bits per heavy atom. The Labute approximate surface area is 132 Å². The van der Waals surface area contributed by atoms with E-state index in [0.717, 1.165) is 0 Å². The fraction of sp³-hybridized carbons (Fsp3) is 0. The van der Waals surface area contributed by atoms with E-state index in [9.17, 15) is 4.79 Å². The number of benzene rings is 2. The van der Waals surface area contributed by atoms with Gasteiger partial charge in [-0.1, -0.05) is 48.1 Å². The van der Waals surface area contributed by atoms with Gasteiger partial charge in [0.25, 0.3) is 0 Å². The number of amides is 2. The second kappa shape index (κ2) is 5.27. The summed E-state index contributed by atoms with van der Waals surface area (Å²) in [5, 5.41) is 8.61. The highest BCUT2D eigenvalue weighted by Crippen LogP contribution is 2.28. The highest BCUT2D eigenvalue weighted by molar-refractivity contribution is 7.82. The second-order valence-electron chi connectivity index (χ2n) is 4.42. The lowest BCUT2D eigenvalue weighted by Crippen LogP contribution is -2.33. The van der Waals surface area contributed by atoms with Gasteiger partial charge in [-0.3, -0.25) is 5.41 Å². The second-order valence-corrected chi connectivity index (χ2v) is 5.25. The van der Waals surface area contributed by atoms with Gasteiger partial charge in [0.1, 0.15) is 0 Å². The molecule has 0 radical (unpaired) electrons. The van der Waals surface area contributed by atoms with Gasteiger partial charge in [0.05, 0.1) is 11.4 Å². The van der Waals surface area contributed by atoms with Crippen LogP contribution in [0.3, 0.4) is 0 Å². The van der Waals surface area contributed by atoms with Crippen molar-refractivity contribution in [1.29, 1.82) is 5.41 Å². The largest absolute Gasteiger partial charge is 0.340 e. The number of nitrogens with zero attached hydrogens (tertiary/aromatic N) is 2. The topological polar surface area (TPSA) is 47.4 Å². The average molecular weight is 316 g/mol. The molecule has 3 rings (SSSR count). The maximum Gasteiger partial charge on any atom is 0.340 e. The first kappa shape index (κ1) is 13.7. The van der Waals surface area contributed by atoms with Gasteiger partial charge in [-0.25, -0.2) is 14.6 Å². The van der Waals surface area contributed by atoms with Gasteiger partial charge in [-0.2, -0.15) is 0 Å². The Bertz CT molecular complexity index is 748. The van der Waals surface area contributed by atoms with E-state index in [2.05, 4.69) is 0 Å². The third kappa shape index (κ3) is 2.30. The number of carbonyl (C=O) groups is 1. The Kier molecular flexibility index (Phi) is 3.45. The van der Waals surface area contributed by atoms with Crippen LogP contribution >= 0.6 is 23.8 Å². The van der Waals surface area contributed by atoms with Crippen molar-refractivity contribution >= 4 is 52.0 Å². The van der Waals surface area contributed by atoms with Crippen LogP contribution in [0.25, 0.3) is 0 Å². The van der Waals surface area contributed by atoms with Crippen LogP contribution in [0.5, 0.6) is 0 Å². The molecule has 0 atom stereocenters. The molecule has 2 aromatic carbocycles. The van der Waals surface area contributed by atoms with E-state index in [0.29, 0.717) is 16.4 Å². The fourth-order valence-corrected chi connectivity index (χ4v) is 2.60. The summed E-state index contributed by atoms with van der Waals surface area (Å²) in [6, 6.07) is 15.5. The number of anilines is 2. The van der Waals surface area contributed by atoms with Crippen molar-refractivity contribution in [3.8, 4) is 0 Å². The van der Waals surface area contributed by atoms with Crippen LogP contribution in [0.15, 0.2) is 54.6 Å². The van der Waals surface area contributed by atoms with E-state index in [1.165, 1.54) is 9.80 Å². The molecule has 6 heteroatoms. The lowest BCUT2D eigenvalue weighted by Gasteiger charge is -2.17. The summed E-state index contributed by atoms with van der Waals surface area (Å²) >= 11 is 11.2. The first-order valence-electron chi connectivity index (χ1n) is 6.17. The molecule has 1 heterocycles. The molecule has 0 bridgehead atoms. The molecule has 1 saturated heterocycles. The number of para-hydroxylation sites is 1. The van der Waals surface area contributed by atoms with Crippen molar-refractivity contribution in [2.24, 2.45) is 0 Å². The molecule has 21 heavy (non-hydrogen) atoms. The van der Waals surface area contributed by atoms with Crippen LogP contribution in [0.2, 0.25) is 5.02 Å². The highest BCUT2D eigenvalue weighted by atomic mass is 35.5. The summed E-state index contributed by atoms with van der Waals surface area (Å²) in [6.45, 7) is 0. The minimum atomic E-state index is -0.376. The van der Waals surface area contributed by atoms with Gasteiger partial charge in [-0.15, -0.1) is 0 Å². The SMILES string of the molecule is N=C1C(=S)N(c2ccccc2)C(=O)N1c1cccc(Cl)c1. The van der Waals surface area contributed by atoms with Crippen LogP contribution in [0.4, 0.5) is 16.2 Å². The Balaban J connectivity index is 2.04. The van der Waals surface area contributed by atoms with Crippen LogP contribution in [0.1, 0.15) is 0 Å². The molecule has 1 aliphatic heterocycles. The molecule has 0 saturated carbocycles. The first-order valence-corrected chi connectivity index (χ1v) is 6.96. The molecule has 0 unspecified atom stereocenters. The van der Waals surface area contributed by atoms with Crippen molar-refractivity contribution < 1.29 is 4.79 Å². The number of hydrogen-bond donors (Lipinski definition) is 1. The van der Waals surface area contributed by atoms with Crippen molar-refractivity contribution in [3.63, 3.8) is 0 Å². The van der Waals surface area contributed by atoms with Gasteiger partial charge < -0.3 is 0 Å². The monoisotopic (exact) mass is 315 g/mol. The minimum absolute atomic E-state index is 0.0267. The summed E-state index contributed by atoms with van der Waals surface area (Å²) in [7, 11) is 0. The van der Waals surface area contributed by atoms with E-state index in [1.54, 1.807) is 36.4 Å². The molecule has 1 N–H and O–H groups in total. The number of amidine groups is 1. The van der Waals surface area contributed by atoms with Crippen LogP contribution < -0.4 is 9.80 Å². The number of carbonyl (C=O) groups excluding carboxylic acids is 1. The maximum absolute atomic E-state index is 12.6. The van der Waals surface area contributed by atoms with Crippen LogP contribution in [0, 0.1) is 5.41 Å². The van der Waals surface area contributed by atoms with Gasteiger partial charge in [0.15, 0.2) is 10.8 Å². The standard InChI is InChI=1S/C15H10ClN3OS/c16-10-5-4-8-12(9-10)18-13(17)14(21)19(15(18)20)11-6-2-1-3-7-11/h1-9,17H. The first-order chi connectivity index (χ1) is 10.1. The predicted octanol–water partition coefficient (Wildman–Crippen LogP) is 4.09. The normalized spacial score (nSPS) is 15.0. The third-order valence-corrected chi connectivity index (χ3v) is 3.70. The zero-order valence-electron chi connectivity index (χ0n) is 10.8. The molecule has 4 nitrogen and oxygen atoms in total. The molecule has 104 valence electrons. The predicted molar refractivity (Wildman–Crippen MR) is 88.6 cm³/mol. The number of hydrogen-bond acceptors (Lipinski definition) is 3. The van der Waals surface area contributed by atoms with Gasteiger partial charge in [0, 0.05) is 5.02 Å².